The molecule has 0 saturated carbocycles. The predicted molar refractivity (Wildman–Crippen MR) is 79.2 cm³/mol. The third-order valence-corrected chi connectivity index (χ3v) is 4.35. The largest absolute Gasteiger partial charge is 0.493 e. The Labute approximate surface area is 122 Å². The van der Waals surface area contributed by atoms with E-state index in [1.165, 1.54) is 0 Å². The standard InChI is InChI=1S/C14H21NO4S/c1-3-20(16)7-4-15-10-11-8-12(17-2)14-13(9-11)18-5-6-19-14/h8-9,15H,3-7,10H2,1-2H3. The fourth-order valence-corrected chi connectivity index (χ4v) is 2.65. The van der Waals surface area contributed by atoms with Crippen molar-refractivity contribution >= 4 is 10.8 Å². The summed E-state index contributed by atoms with van der Waals surface area (Å²) in [4.78, 5) is 0. The number of hydrogen-bond acceptors (Lipinski definition) is 5. The molecule has 1 N–H and O–H groups in total. The quantitative estimate of drug-likeness (QED) is 0.770. The minimum absolute atomic E-state index is 0.545. The number of hydrogen-bond donors (Lipinski definition) is 1. The Kier molecular flexibility index (Phi) is 5.67. The minimum atomic E-state index is -0.725. The van der Waals surface area contributed by atoms with Gasteiger partial charge in [0.05, 0.1) is 7.11 Å². The van der Waals surface area contributed by atoms with Gasteiger partial charge < -0.3 is 19.5 Å². The van der Waals surface area contributed by atoms with Crippen molar-refractivity contribution in [3.8, 4) is 17.2 Å². The Balaban J connectivity index is 1.96. The second-order valence-corrected chi connectivity index (χ2v) is 6.30. The molecule has 2 rings (SSSR count). The number of nitrogens with one attached hydrogen (secondary N) is 1. The van der Waals surface area contributed by atoms with Gasteiger partial charge in [0.15, 0.2) is 11.5 Å². The van der Waals surface area contributed by atoms with Crippen LogP contribution in [0.25, 0.3) is 0 Å². The molecule has 0 saturated heterocycles. The molecule has 1 aliphatic heterocycles. The van der Waals surface area contributed by atoms with Crippen LogP contribution in [-0.4, -0.2) is 42.6 Å². The first-order valence-electron chi connectivity index (χ1n) is 6.76. The van der Waals surface area contributed by atoms with Crippen molar-refractivity contribution in [2.75, 3.05) is 38.4 Å². The lowest BCUT2D eigenvalue weighted by Gasteiger charge is -2.21. The van der Waals surface area contributed by atoms with Crippen molar-refractivity contribution < 1.29 is 18.4 Å². The van der Waals surface area contributed by atoms with Crippen molar-refractivity contribution in [1.29, 1.82) is 0 Å². The average Bonchev–Trinajstić information content (AvgIpc) is 2.50. The third kappa shape index (κ3) is 3.86. The summed E-state index contributed by atoms with van der Waals surface area (Å²) in [6.45, 7) is 4.46. The van der Waals surface area contributed by atoms with Crippen LogP contribution < -0.4 is 19.5 Å². The maximum atomic E-state index is 11.3. The Morgan fingerprint density at radius 1 is 1.35 bits per heavy atom. The summed E-state index contributed by atoms with van der Waals surface area (Å²) >= 11 is 0. The Hall–Kier alpha value is -1.27. The monoisotopic (exact) mass is 299 g/mol. The minimum Gasteiger partial charge on any atom is -0.493 e. The van der Waals surface area contributed by atoms with Gasteiger partial charge in [-0.2, -0.15) is 0 Å². The summed E-state index contributed by atoms with van der Waals surface area (Å²) in [5.74, 6) is 3.48. The molecule has 1 atom stereocenters. The molecule has 0 amide bonds. The van der Waals surface area contributed by atoms with Gasteiger partial charge in [0.1, 0.15) is 13.2 Å². The third-order valence-electron chi connectivity index (χ3n) is 3.05. The highest BCUT2D eigenvalue weighted by Gasteiger charge is 2.18. The van der Waals surface area contributed by atoms with Gasteiger partial charge in [0, 0.05) is 35.4 Å². The highest BCUT2D eigenvalue weighted by molar-refractivity contribution is 7.84. The first-order chi connectivity index (χ1) is 9.74. The molecule has 1 aromatic carbocycles. The summed E-state index contributed by atoms with van der Waals surface area (Å²) in [6.07, 6.45) is 0. The van der Waals surface area contributed by atoms with Crippen LogP contribution in [0.4, 0.5) is 0 Å². The molecule has 1 aliphatic rings. The van der Waals surface area contributed by atoms with Crippen molar-refractivity contribution in [1.82, 2.24) is 5.32 Å². The lowest BCUT2D eigenvalue weighted by Crippen LogP contribution is -2.21. The van der Waals surface area contributed by atoms with Gasteiger partial charge in [-0.3, -0.25) is 4.21 Å². The zero-order valence-electron chi connectivity index (χ0n) is 11.9. The summed E-state index contributed by atoms with van der Waals surface area (Å²) in [7, 11) is 0.896. The highest BCUT2D eigenvalue weighted by atomic mass is 32.2. The van der Waals surface area contributed by atoms with Gasteiger partial charge in [-0.1, -0.05) is 6.92 Å². The molecule has 0 aliphatic carbocycles. The highest BCUT2D eigenvalue weighted by Crippen LogP contribution is 2.40. The normalized spacial score (nSPS) is 14.9. The average molecular weight is 299 g/mol. The van der Waals surface area contributed by atoms with Gasteiger partial charge in [-0.15, -0.1) is 0 Å². The predicted octanol–water partition coefficient (Wildman–Crippen LogP) is 1.32. The molecular weight excluding hydrogens is 278 g/mol. The van der Waals surface area contributed by atoms with Gasteiger partial charge in [0.25, 0.3) is 0 Å². The fraction of sp³-hybridized carbons (Fsp3) is 0.571. The zero-order chi connectivity index (χ0) is 14.4. The second kappa shape index (κ2) is 7.50. The summed E-state index contributed by atoms with van der Waals surface area (Å²) < 4.78 is 27.8. The van der Waals surface area contributed by atoms with E-state index in [4.69, 9.17) is 14.2 Å². The topological polar surface area (TPSA) is 56.8 Å². The summed E-state index contributed by atoms with van der Waals surface area (Å²) in [5, 5.41) is 3.28. The smallest absolute Gasteiger partial charge is 0.203 e. The number of ether oxygens (including phenoxy) is 3. The van der Waals surface area contributed by atoms with E-state index in [1.807, 2.05) is 19.1 Å². The van der Waals surface area contributed by atoms with Gasteiger partial charge in [-0.25, -0.2) is 0 Å². The van der Waals surface area contributed by atoms with Crippen LogP contribution in [0.2, 0.25) is 0 Å². The van der Waals surface area contributed by atoms with Crippen LogP contribution in [0.5, 0.6) is 17.2 Å². The molecule has 1 heterocycles. The molecule has 1 unspecified atom stereocenters. The van der Waals surface area contributed by atoms with Crippen LogP contribution in [-0.2, 0) is 17.3 Å². The molecular formula is C14H21NO4S. The van der Waals surface area contributed by atoms with Crippen molar-refractivity contribution in [2.24, 2.45) is 0 Å². The van der Waals surface area contributed by atoms with Gasteiger partial charge >= 0.3 is 0 Å². The number of fused-ring (bicyclic) bond motifs is 1. The van der Waals surface area contributed by atoms with E-state index in [0.29, 0.717) is 42.8 Å². The van der Waals surface area contributed by atoms with Crippen LogP contribution >= 0.6 is 0 Å². The van der Waals surface area contributed by atoms with E-state index >= 15 is 0 Å². The maximum absolute atomic E-state index is 11.3. The lowest BCUT2D eigenvalue weighted by molar-refractivity contribution is 0.165. The van der Waals surface area contributed by atoms with Crippen molar-refractivity contribution in [3.05, 3.63) is 17.7 Å². The summed E-state index contributed by atoms with van der Waals surface area (Å²) in [5.41, 5.74) is 1.06. The molecule has 0 spiro atoms. The summed E-state index contributed by atoms with van der Waals surface area (Å²) in [6, 6.07) is 3.90. The molecule has 0 bridgehead atoms. The molecule has 5 nitrogen and oxygen atoms in total. The molecule has 0 aromatic heterocycles. The van der Waals surface area contributed by atoms with Crippen molar-refractivity contribution in [3.63, 3.8) is 0 Å². The van der Waals surface area contributed by atoms with E-state index in [-0.39, 0.29) is 0 Å². The fourth-order valence-electron chi connectivity index (χ4n) is 1.99. The number of rotatable bonds is 7. The first-order valence-corrected chi connectivity index (χ1v) is 8.25. The van der Waals surface area contributed by atoms with E-state index in [2.05, 4.69) is 5.32 Å². The van der Waals surface area contributed by atoms with E-state index in [1.54, 1.807) is 7.11 Å². The van der Waals surface area contributed by atoms with E-state index in [0.717, 1.165) is 17.9 Å². The Morgan fingerprint density at radius 2 is 2.15 bits per heavy atom. The van der Waals surface area contributed by atoms with Gasteiger partial charge in [0.2, 0.25) is 5.75 Å². The number of methoxy groups -OCH3 is 1. The lowest BCUT2D eigenvalue weighted by atomic mass is 10.1. The molecule has 1 aromatic rings. The van der Waals surface area contributed by atoms with Crippen LogP contribution in [0.1, 0.15) is 12.5 Å². The molecule has 0 radical (unpaired) electrons. The SMILES string of the molecule is CCS(=O)CCNCc1cc(OC)c2c(c1)OCCO2. The molecule has 112 valence electrons. The molecule has 6 heteroatoms. The molecule has 0 fully saturated rings. The Bertz CT molecular complexity index is 461. The molecule has 20 heavy (non-hydrogen) atoms. The van der Waals surface area contributed by atoms with Crippen LogP contribution in [0.3, 0.4) is 0 Å². The first kappa shape index (κ1) is 15.1. The number of benzene rings is 1. The van der Waals surface area contributed by atoms with Crippen LogP contribution in [0.15, 0.2) is 12.1 Å². The maximum Gasteiger partial charge on any atom is 0.203 e. The van der Waals surface area contributed by atoms with Gasteiger partial charge in [-0.05, 0) is 17.7 Å². The zero-order valence-corrected chi connectivity index (χ0v) is 12.8. The van der Waals surface area contributed by atoms with Crippen LogP contribution in [0, 0.1) is 0 Å². The second-order valence-electron chi connectivity index (χ2n) is 4.43. The van der Waals surface area contributed by atoms with Crippen molar-refractivity contribution in [2.45, 2.75) is 13.5 Å². The van der Waals surface area contributed by atoms with E-state index in [9.17, 15) is 4.21 Å². The Morgan fingerprint density at radius 3 is 2.90 bits per heavy atom. The van der Waals surface area contributed by atoms with E-state index < -0.39 is 10.8 Å².